The van der Waals surface area contributed by atoms with Crippen molar-refractivity contribution in [3.63, 3.8) is 0 Å². The molecular formula is C21H24ClF3N4O. The van der Waals surface area contributed by atoms with Gasteiger partial charge in [-0.2, -0.15) is 13.2 Å². The fraction of sp³-hybridized carbons (Fsp3) is 0.429. The van der Waals surface area contributed by atoms with Gasteiger partial charge in [-0.05, 0) is 24.1 Å². The lowest BCUT2D eigenvalue weighted by Gasteiger charge is -2.36. The quantitative estimate of drug-likeness (QED) is 0.708. The van der Waals surface area contributed by atoms with Gasteiger partial charge in [-0.3, -0.25) is 9.69 Å². The highest BCUT2D eigenvalue weighted by atomic mass is 35.5. The molecule has 5 nitrogen and oxygen atoms in total. The van der Waals surface area contributed by atoms with Crippen LogP contribution in [0.25, 0.3) is 0 Å². The molecule has 0 unspecified atom stereocenters. The van der Waals surface area contributed by atoms with Crippen molar-refractivity contribution in [2.24, 2.45) is 0 Å². The Hall–Kier alpha value is -2.32. The summed E-state index contributed by atoms with van der Waals surface area (Å²) in [6.45, 7) is 5.14. The first-order valence-corrected chi connectivity index (χ1v) is 10.0. The molecule has 1 aromatic heterocycles. The maximum absolute atomic E-state index is 12.8. The first-order valence-electron chi connectivity index (χ1n) is 9.63. The van der Waals surface area contributed by atoms with Gasteiger partial charge < -0.3 is 9.80 Å². The lowest BCUT2D eigenvalue weighted by atomic mass is 10.1. The predicted molar refractivity (Wildman–Crippen MR) is 111 cm³/mol. The summed E-state index contributed by atoms with van der Waals surface area (Å²) in [7, 11) is 1.79. The molecule has 2 aromatic rings. The molecule has 1 amide bonds. The number of hydrogen-bond donors (Lipinski definition) is 0. The summed E-state index contributed by atoms with van der Waals surface area (Å²) < 4.78 is 38.4. The van der Waals surface area contributed by atoms with Crippen molar-refractivity contribution >= 4 is 23.3 Å². The molecule has 162 valence electrons. The Morgan fingerprint density at radius 1 is 1.20 bits per heavy atom. The molecule has 9 heteroatoms. The van der Waals surface area contributed by atoms with Gasteiger partial charge in [0.25, 0.3) is 0 Å². The van der Waals surface area contributed by atoms with Gasteiger partial charge in [0, 0.05) is 46.0 Å². The summed E-state index contributed by atoms with van der Waals surface area (Å²) >= 11 is 6.04. The lowest BCUT2D eigenvalue weighted by Crippen LogP contribution is -2.50. The Kier molecular flexibility index (Phi) is 6.88. The fourth-order valence-electron chi connectivity index (χ4n) is 3.38. The second-order valence-corrected chi connectivity index (χ2v) is 7.87. The van der Waals surface area contributed by atoms with Crippen LogP contribution in [0.5, 0.6) is 0 Å². The molecule has 0 aliphatic carbocycles. The topological polar surface area (TPSA) is 39.7 Å². The van der Waals surface area contributed by atoms with Crippen LogP contribution >= 0.6 is 11.6 Å². The molecule has 1 aliphatic heterocycles. The normalized spacial score (nSPS) is 15.3. The zero-order chi connectivity index (χ0) is 21.9. The summed E-state index contributed by atoms with van der Waals surface area (Å²) in [5.74, 6) is 0.365. The molecule has 0 bridgehead atoms. The van der Waals surface area contributed by atoms with Gasteiger partial charge in [0.05, 0.1) is 17.1 Å². The summed E-state index contributed by atoms with van der Waals surface area (Å²) in [6, 6.07) is 8.87. The maximum atomic E-state index is 12.8. The van der Waals surface area contributed by atoms with Crippen molar-refractivity contribution < 1.29 is 18.0 Å². The molecule has 2 heterocycles. The molecule has 0 spiro atoms. The van der Waals surface area contributed by atoms with Crippen molar-refractivity contribution in [2.45, 2.75) is 19.6 Å². The fourth-order valence-corrected chi connectivity index (χ4v) is 3.67. The molecule has 0 radical (unpaired) electrons. The van der Waals surface area contributed by atoms with Crippen molar-refractivity contribution in [1.29, 1.82) is 0 Å². The van der Waals surface area contributed by atoms with Gasteiger partial charge in [-0.25, -0.2) is 4.98 Å². The minimum Gasteiger partial charge on any atom is -0.353 e. The Morgan fingerprint density at radius 2 is 1.87 bits per heavy atom. The number of amides is 1. The Morgan fingerprint density at radius 3 is 2.47 bits per heavy atom. The predicted octanol–water partition coefficient (Wildman–Crippen LogP) is 3.84. The van der Waals surface area contributed by atoms with Crippen molar-refractivity contribution in [2.75, 3.05) is 44.7 Å². The second kappa shape index (κ2) is 9.22. The van der Waals surface area contributed by atoms with E-state index in [0.29, 0.717) is 45.1 Å². The SMILES string of the molecule is Cc1ccccc1CN(C)C(=O)CN1CCN(c2ncc(C(F)(F)F)cc2Cl)CC1. The van der Waals surface area contributed by atoms with Gasteiger partial charge in [0.1, 0.15) is 5.82 Å². The van der Waals surface area contributed by atoms with E-state index >= 15 is 0 Å². The third kappa shape index (κ3) is 5.43. The van der Waals surface area contributed by atoms with E-state index in [1.54, 1.807) is 11.9 Å². The summed E-state index contributed by atoms with van der Waals surface area (Å²) in [5, 5.41) is -0.0210. The number of piperazine rings is 1. The number of benzene rings is 1. The summed E-state index contributed by atoms with van der Waals surface area (Å²) in [5.41, 5.74) is 1.39. The van der Waals surface area contributed by atoms with Crippen LogP contribution in [0.3, 0.4) is 0 Å². The smallest absolute Gasteiger partial charge is 0.353 e. The van der Waals surface area contributed by atoms with E-state index in [0.717, 1.165) is 23.4 Å². The van der Waals surface area contributed by atoms with Crippen molar-refractivity contribution in [1.82, 2.24) is 14.8 Å². The van der Waals surface area contributed by atoms with E-state index in [9.17, 15) is 18.0 Å². The van der Waals surface area contributed by atoms with E-state index in [1.807, 2.05) is 41.0 Å². The van der Waals surface area contributed by atoms with Crippen LogP contribution in [0.4, 0.5) is 19.0 Å². The molecule has 0 N–H and O–H groups in total. The molecule has 0 saturated carbocycles. The van der Waals surface area contributed by atoms with Gasteiger partial charge in [0.2, 0.25) is 5.91 Å². The number of anilines is 1. The number of hydrogen-bond acceptors (Lipinski definition) is 4. The number of pyridine rings is 1. The molecule has 1 aromatic carbocycles. The minimum absolute atomic E-state index is 0.0210. The highest BCUT2D eigenvalue weighted by Gasteiger charge is 2.32. The average molecular weight is 441 g/mol. The van der Waals surface area contributed by atoms with Crippen LogP contribution in [0, 0.1) is 6.92 Å². The lowest BCUT2D eigenvalue weighted by molar-refractivity contribution is -0.137. The van der Waals surface area contributed by atoms with Gasteiger partial charge in [0.15, 0.2) is 0 Å². The van der Waals surface area contributed by atoms with Crippen LogP contribution in [-0.4, -0.2) is 60.5 Å². The molecule has 0 atom stereocenters. The number of alkyl halides is 3. The van der Waals surface area contributed by atoms with Gasteiger partial charge in [-0.15, -0.1) is 0 Å². The standard InChI is InChI=1S/C21H24ClF3N4O/c1-15-5-3-4-6-16(15)13-27(2)19(30)14-28-7-9-29(10-8-28)20-18(22)11-17(12-26-20)21(23,24)25/h3-6,11-12H,7-10,13-14H2,1-2H3. The number of rotatable bonds is 5. The number of likely N-dealkylation sites (N-methyl/N-ethyl adjacent to an activating group) is 1. The Bertz CT molecular complexity index is 898. The highest BCUT2D eigenvalue weighted by Crippen LogP contribution is 2.33. The van der Waals surface area contributed by atoms with Gasteiger partial charge >= 0.3 is 6.18 Å². The largest absolute Gasteiger partial charge is 0.417 e. The second-order valence-electron chi connectivity index (χ2n) is 7.47. The zero-order valence-electron chi connectivity index (χ0n) is 16.9. The molecule has 30 heavy (non-hydrogen) atoms. The Labute approximate surface area is 179 Å². The van der Waals surface area contributed by atoms with Crippen molar-refractivity contribution in [3.8, 4) is 0 Å². The number of carbonyl (C=O) groups is 1. The summed E-state index contributed by atoms with van der Waals surface area (Å²) in [6.07, 6.45) is -3.67. The number of halogens is 4. The maximum Gasteiger partial charge on any atom is 0.417 e. The van der Waals surface area contributed by atoms with Crippen molar-refractivity contribution in [3.05, 3.63) is 58.2 Å². The number of aromatic nitrogens is 1. The third-order valence-electron chi connectivity index (χ3n) is 5.27. The van der Waals surface area contributed by atoms with Crippen LogP contribution in [0.2, 0.25) is 5.02 Å². The van der Waals surface area contributed by atoms with Crippen LogP contribution in [-0.2, 0) is 17.5 Å². The van der Waals surface area contributed by atoms with E-state index < -0.39 is 11.7 Å². The third-order valence-corrected chi connectivity index (χ3v) is 5.55. The van der Waals surface area contributed by atoms with E-state index in [2.05, 4.69) is 4.98 Å². The number of nitrogens with zero attached hydrogens (tertiary/aromatic N) is 4. The molecule has 1 saturated heterocycles. The molecule has 1 fully saturated rings. The van der Waals surface area contributed by atoms with Crippen LogP contribution in [0.1, 0.15) is 16.7 Å². The number of carbonyl (C=O) groups excluding carboxylic acids is 1. The van der Waals surface area contributed by atoms with Crippen LogP contribution < -0.4 is 4.90 Å². The summed E-state index contributed by atoms with van der Waals surface area (Å²) in [4.78, 5) is 22.1. The first-order chi connectivity index (χ1) is 14.1. The molecule has 3 rings (SSSR count). The Balaban J connectivity index is 1.53. The number of aryl methyl sites for hydroxylation is 1. The van der Waals surface area contributed by atoms with Crippen LogP contribution in [0.15, 0.2) is 36.5 Å². The first kappa shape index (κ1) is 22.4. The van der Waals surface area contributed by atoms with Gasteiger partial charge in [-0.1, -0.05) is 35.9 Å². The zero-order valence-corrected chi connectivity index (χ0v) is 17.7. The highest BCUT2D eigenvalue weighted by molar-refractivity contribution is 6.33. The average Bonchev–Trinajstić information content (AvgIpc) is 2.69. The minimum atomic E-state index is -4.47. The van der Waals surface area contributed by atoms with E-state index in [1.165, 1.54) is 0 Å². The monoisotopic (exact) mass is 440 g/mol. The van der Waals surface area contributed by atoms with E-state index in [4.69, 9.17) is 11.6 Å². The van der Waals surface area contributed by atoms with E-state index in [-0.39, 0.29) is 10.9 Å². The molecular weight excluding hydrogens is 417 g/mol. The molecule has 1 aliphatic rings.